The second-order valence-electron chi connectivity index (χ2n) is 5.67. The first-order chi connectivity index (χ1) is 12.2. The smallest absolute Gasteiger partial charge is 0.303 e. The van der Waals surface area contributed by atoms with Gasteiger partial charge in [0.1, 0.15) is 11.8 Å². The zero-order valence-corrected chi connectivity index (χ0v) is 15.2. The van der Waals surface area contributed by atoms with Crippen molar-refractivity contribution in [2.45, 2.75) is 26.2 Å². The van der Waals surface area contributed by atoms with Gasteiger partial charge in [-0.3, -0.25) is 9.59 Å². The predicted molar refractivity (Wildman–Crippen MR) is 95.8 cm³/mol. The summed E-state index contributed by atoms with van der Waals surface area (Å²) in [6.07, 6.45) is -0.593. The highest BCUT2D eigenvalue weighted by Gasteiger charge is 2.20. The van der Waals surface area contributed by atoms with Gasteiger partial charge >= 0.3 is 5.97 Å². The van der Waals surface area contributed by atoms with E-state index in [0.29, 0.717) is 21.3 Å². The molecule has 2 N–H and O–H groups in total. The summed E-state index contributed by atoms with van der Waals surface area (Å²) in [6, 6.07) is 6.60. The summed E-state index contributed by atoms with van der Waals surface area (Å²) in [5, 5.41) is 28.8. The van der Waals surface area contributed by atoms with E-state index in [4.69, 9.17) is 28.3 Å². The third kappa shape index (κ3) is 4.51. The Kier molecular flexibility index (Phi) is 6.19. The summed E-state index contributed by atoms with van der Waals surface area (Å²) < 4.78 is 0. The molecule has 26 heavy (non-hydrogen) atoms. The van der Waals surface area contributed by atoms with E-state index in [0.717, 1.165) is 5.56 Å². The monoisotopic (exact) mass is 392 g/mol. The first-order valence-corrected chi connectivity index (χ1v) is 8.31. The van der Waals surface area contributed by atoms with Crippen LogP contribution in [0.4, 0.5) is 0 Å². The fraction of sp³-hybridized carbons (Fsp3) is 0.222. The SMILES string of the molecule is Cc1cc(Cl)c(Cc2cc(C#N)c(O)c(C(=O)CCC(=O)O)n2)c(Cl)c1. The molecule has 2 aromatic rings. The number of aromatic hydroxyl groups is 1. The molecule has 0 amide bonds. The number of hydrogen-bond donors (Lipinski definition) is 2. The first kappa shape index (κ1) is 19.7. The normalized spacial score (nSPS) is 10.4. The maximum absolute atomic E-state index is 12.2. The van der Waals surface area contributed by atoms with Gasteiger partial charge in [-0.15, -0.1) is 0 Å². The summed E-state index contributed by atoms with van der Waals surface area (Å²) in [7, 11) is 0. The molecule has 0 spiro atoms. The number of rotatable bonds is 6. The zero-order chi connectivity index (χ0) is 19.4. The van der Waals surface area contributed by atoms with E-state index in [-0.39, 0.29) is 24.1 Å². The van der Waals surface area contributed by atoms with Crippen molar-refractivity contribution in [1.82, 2.24) is 4.98 Å². The van der Waals surface area contributed by atoms with Gasteiger partial charge in [-0.05, 0) is 36.2 Å². The molecule has 0 bridgehead atoms. The van der Waals surface area contributed by atoms with Crippen LogP contribution in [0.3, 0.4) is 0 Å². The molecule has 0 saturated heterocycles. The molecule has 0 unspecified atom stereocenters. The second kappa shape index (κ2) is 8.17. The van der Waals surface area contributed by atoms with Crippen molar-refractivity contribution in [1.29, 1.82) is 5.26 Å². The number of nitriles is 1. The van der Waals surface area contributed by atoms with Gasteiger partial charge in [-0.1, -0.05) is 23.2 Å². The fourth-order valence-electron chi connectivity index (χ4n) is 2.38. The Morgan fingerprint density at radius 2 is 1.81 bits per heavy atom. The number of benzene rings is 1. The minimum absolute atomic E-state index is 0.131. The Hall–Kier alpha value is -2.62. The standard InChI is InChI=1S/C18H14Cl2N2O4/c1-9-4-13(19)12(14(20)5-9)7-11-6-10(8-21)18(26)17(22-11)15(23)2-3-16(24)25/h4-6,26H,2-3,7H2,1H3,(H,24,25). The number of halogens is 2. The molecule has 0 atom stereocenters. The molecule has 1 aromatic carbocycles. The molecule has 0 aliphatic carbocycles. The van der Waals surface area contributed by atoms with Crippen LogP contribution in [-0.4, -0.2) is 26.9 Å². The zero-order valence-electron chi connectivity index (χ0n) is 13.7. The number of ketones is 1. The summed E-state index contributed by atoms with van der Waals surface area (Å²) in [6.45, 7) is 1.84. The lowest BCUT2D eigenvalue weighted by molar-refractivity contribution is -0.136. The Labute approximate surface area is 159 Å². The van der Waals surface area contributed by atoms with Crippen molar-refractivity contribution >= 4 is 35.0 Å². The molecule has 1 heterocycles. The largest absolute Gasteiger partial charge is 0.504 e. The number of carboxylic acids is 1. The van der Waals surface area contributed by atoms with E-state index >= 15 is 0 Å². The maximum atomic E-state index is 12.2. The number of pyridine rings is 1. The van der Waals surface area contributed by atoms with Crippen molar-refractivity contribution in [3.8, 4) is 11.8 Å². The van der Waals surface area contributed by atoms with E-state index in [9.17, 15) is 20.0 Å². The molecule has 8 heteroatoms. The number of nitrogens with zero attached hydrogens (tertiary/aromatic N) is 2. The van der Waals surface area contributed by atoms with Crippen LogP contribution < -0.4 is 0 Å². The Morgan fingerprint density at radius 1 is 1.19 bits per heavy atom. The molecular formula is C18H14Cl2N2O4. The highest BCUT2D eigenvalue weighted by atomic mass is 35.5. The summed E-state index contributed by atoms with van der Waals surface area (Å²) >= 11 is 12.4. The third-order valence-electron chi connectivity index (χ3n) is 3.64. The van der Waals surface area contributed by atoms with Crippen LogP contribution in [0.2, 0.25) is 10.0 Å². The van der Waals surface area contributed by atoms with Crippen molar-refractivity contribution < 1.29 is 19.8 Å². The van der Waals surface area contributed by atoms with E-state index in [1.165, 1.54) is 6.07 Å². The van der Waals surface area contributed by atoms with E-state index in [1.54, 1.807) is 18.2 Å². The highest BCUT2D eigenvalue weighted by molar-refractivity contribution is 6.36. The first-order valence-electron chi connectivity index (χ1n) is 7.55. The van der Waals surface area contributed by atoms with Crippen molar-refractivity contribution in [2.75, 3.05) is 0 Å². The number of hydrogen-bond acceptors (Lipinski definition) is 5. The average molecular weight is 393 g/mol. The summed E-state index contributed by atoms with van der Waals surface area (Å²) in [4.78, 5) is 26.9. The number of carbonyl (C=O) groups excluding carboxylic acids is 1. The van der Waals surface area contributed by atoms with Gasteiger partial charge in [-0.25, -0.2) is 4.98 Å². The molecule has 0 aliphatic rings. The number of Topliss-reactive ketones (excluding diaryl/α,β-unsaturated/α-hetero) is 1. The van der Waals surface area contributed by atoms with Gasteiger partial charge in [0.25, 0.3) is 0 Å². The number of carboxylic acid groups (broad SMARTS) is 1. The minimum Gasteiger partial charge on any atom is -0.504 e. The van der Waals surface area contributed by atoms with Crippen molar-refractivity contribution in [3.05, 3.63) is 56.3 Å². The van der Waals surface area contributed by atoms with Crippen molar-refractivity contribution in [2.24, 2.45) is 0 Å². The molecule has 1 aromatic heterocycles. The predicted octanol–water partition coefficient (Wildman–Crippen LogP) is 3.91. The molecule has 0 fully saturated rings. The molecule has 0 radical (unpaired) electrons. The maximum Gasteiger partial charge on any atom is 0.303 e. The topological polar surface area (TPSA) is 111 Å². The van der Waals surface area contributed by atoms with Gasteiger partial charge in [0.2, 0.25) is 0 Å². The lowest BCUT2D eigenvalue weighted by Crippen LogP contribution is -2.09. The van der Waals surface area contributed by atoms with Crippen molar-refractivity contribution in [3.63, 3.8) is 0 Å². The van der Waals surface area contributed by atoms with Crippen LogP contribution in [-0.2, 0) is 11.2 Å². The molecular weight excluding hydrogens is 379 g/mol. The van der Waals surface area contributed by atoms with Gasteiger partial charge in [0.05, 0.1) is 12.0 Å². The molecule has 0 aliphatic heterocycles. The van der Waals surface area contributed by atoms with Gasteiger partial charge in [-0.2, -0.15) is 5.26 Å². The summed E-state index contributed by atoms with van der Waals surface area (Å²) in [5.41, 5.74) is 1.30. The second-order valence-corrected chi connectivity index (χ2v) is 6.49. The Morgan fingerprint density at radius 3 is 2.35 bits per heavy atom. The quantitative estimate of drug-likeness (QED) is 0.720. The lowest BCUT2D eigenvalue weighted by Gasteiger charge is -2.11. The average Bonchev–Trinajstić information content (AvgIpc) is 2.56. The number of carbonyl (C=O) groups is 2. The van der Waals surface area contributed by atoms with Crippen LogP contribution in [0.5, 0.6) is 5.75 Å². The third-order valence-corrected chi connectivity index (χ3v) is 4.31. The molecule has 2 rings (SSSR count). The van der Waals surface area contributed by atoms with Crippen LogP contribution >= 0.6 is 23.2 Å². The van der Waals surface area contributed by atoms with Crippen LogP contribution in [0.1, 0.15) is 45.7 Å². The van der Waals surface area contributed by atoms with Crippen LogP contribution in [0.25, 0.3) is 0 Å². The van der Waals surface area contributed by atoms with E-state index in [1.807, 2.05) is 6.92 Å². The highest BCUT2D eigenvalue weighted by Crippen LogP contribution is 2.30. The number of aryl methyl sites for hydroxylation is 1. The number of aromatic nitrogens is 1. The Balaban J connectivity index is 2.44. The van der Waals surface area contributed by atoms with Crippen LogP contribution in [0, 0.1) is 18.3 Å². The van der Waals surface area contributed by atoms with E-state index < -0.39 is 23.9 Å². The summed E-state index contributed by atoms with van der Waals surface area (Å²) in [5.74, 6) is -2.37. The molecule has 6 nitrogen and oxygen atoms in total. The minimum atomic E-state index is -1.15. The van der Waals surface area contributed by atoms with Crippen LogP contribution in [0.15, 0.2) is 18.2 Å². The molecule has 134 valence electrons. The number of aliphatic carboxylic acids is 1. The van der Waals surface area contributed by atoms with Gasteiger partial charge in [0, 0.05) is 28.6 Å². The molecule has 0 saturated carbocycles. The van der Waals surface area contributed by atoms with Gasteiger partial charge < -0.3 is 10.2 Å². The Bertz CT molecular complexity index is 913. The lowest BCUT2D eigenvalue weighted by atomic mass is 10.0. The van der Waals surface area contributed by atoms with Gasteiger partial charge in [0.15, 0.2) is 11.5 Å². The van der Waals surface area contributed by atoms with E-state index in [2.05, 4.69) is 4.98 Å². The fourth-order valence-corrected chi connectivity index (χ4v) is 3.11.